The number of amides is 2. The molecule has 32 heavy (non-hydrogen) atoms. The minimum absolute atomic E-state index is 0.137. The van der Waals surface area contributed by atoms with E-state index in [1.807, 2.05) is 25.1 Å². The smallest absolute Gasteiger partial charge is 0.255 e. The fourth-order valence-electron chi connectivity index (χ4n) is 2.88. The van der Waals surface area contributed by atoms with Crippen LogP contribution in [0.5, 0.6) is 5.75 Å². The average molecular weight is 517 g/mol. The second-order valence-corrected chi connectivity index (χ2v) is 9.03. The van der Waals surface area contributed by atoms with Crippen molar-refractivity contribution in [2.24, 2.45) is 0 Å². The van der Waals surface area contributed by atoms with Gasteiger partial charge in [-0.15, -0.1) is 11.8 Å². The van der Waals surface area contributed by atoms with Gasteiger partial charge < -0.3 is 15.4 Å². The molecule has 0 bridgehead atoms. The summed E-state index contributed by atoms with van der Waals surface area (Å²) in [5, 5.41) is 5.09. The summed E-state index contributed by atoms with van der Waals surface area (Å²) in [4.78, 5) is 26.0. The molecule has 0 aliphatic rings. The number of hydrogen-bond acceptors (Lipinski definition) is 4. The largest absolute Gasteiger partial charge is 0.497 e. The van der Waals surface area contributed by atoms with E-state index < -0.39 is 11.1 Å². The summed E-state index contributed by atoms with van der Waals surface area (Å²) in [5.74, 6) is -0.362. The highest BCUT2D eigenvalue weighted by Gasteiger charge is 2.20. The van der Waals surface area contributed by atoms with Crippen LogP contribution in [0.4, 0.5) is 15.8 Å². The lowest BCUT2D eigenvalue weighted by Gasteiger charge is -2.16. The molecule has 0 aromatic heterocycles. The molecule has 5 nitrogen and oxygen atoms in total. The molecule has 3 aromatic carbocycles. The summed E-state index contributed by atoms with van der Waals surface area (Å²) in [5.41, 5.74) is 1.26. The van der Waals surface area contributed by atoms with Gasteiger partial charge in [0.1, 0.15) is 11.6 Å². The van der Waals surface area contributed by atoms with Crippen LogP contribution in [0.15, 0.2) is 76.1 Å². The number of anilines is 2. The van der Waals surface area contributed by atoms with Crippen LogP contribution in [0.1, 0.15) is 23.7 Å². The van der Waals surface area contributed by atoms with Crippen LogP contribution in [0, 0.1) is 5.82 Å². The normalized spacial score (nSPS) is 11.5. The summed E-state index contributed by atoms with van der Waals surface area (Å²) < 4.78 is 19.8. The topological polar surface area (TPSA) is 67.4 Å². The molecule has 166 valence electrons. The first-order valence-electron chi connectivity index (χ1n) is 9.87. The van der Waals surface area contributed by atoms with Gasteiger partial charge in [-0.25, -0.2) is 4.39 Å². The third-order valence-electron chi connectivity index (χ3n) is 4.57. The molecule has 1 atom stereocenters. The van der Waals surface area contributed by atoms with E-state index in [4.69, 9.17) is 4.74 Å². The molecule has 1 unspecified atom stereocenters. The van der Waals surface area contributed by atoms with E-state index in [0.29, 0.717) is 27.9 Å². The fourth-order valence-corrected chi connectivity index (χ4v) is 4.23. The number of hydrogen-bond donors (Lipinski definition) is 2. The zero-order valence-electron chi connectivity index (χ0n) is 17.5. The van der Waals surface area contributed by atoms with E-state index in [2.05, 4.69) is 26.6 Å². The van der Waals surface area contributed by atoms with E-state index >= 15 is 0 Å². The maximum Gasteiger partial charge on any atom is 0.255 e. The van der Waals surface area contributed by atoms with Crippen LogP contribution >= 0.6 is 27.7 Å². The molecule has 3 aromatic rings. The predicted molar refractivity (Wildman–Crippen MR) is 130 cm³/mol. The van der Waals surface area contributed by atoms with Gasteiger partial charge in [0.15, 0.2) is 0 Å². The molecule has 0 radical (unpaired) electrons. The molecule has 0 fully saturated rings. The summed E-state index contributed by atoms with van der Waals surface area (Å²) in [6.45, 7) is 1.89. The van der Waals surface area contributed by atoms with E-state index in [-0.39, 0.29) is 17.5 Å². The Morgan fingerprint density at radius 3 is 2.47 bits per heavy atom. The second kappa shape index (κ2) is 11.2. The highest BCUT2D eigenvalue weighted by atomic mass is 79.9. The minimum Gasteiger partial charge on any atom is -0.497 e. The van der Waals surface area contributed by atoms with Gasteiger partial charge in [0.05, 0.1) is 18.0 Å². The van der Waals surface area contributed by atoms with E-state index in [1.165, 1.54) is 23.9 Å². The van der Waals surface area contributed by atoms with Crippen LogP contribution in [0.2, 0.25) is 0 Å². The monoisotopic (exact) mass is 516 g/mol. The Morgan fingerprint density at radius 1 is 1.06 bits per heavy atom. The molecule has 3 rings (SSSR count). The van der Waals surface area contributed by atoms with Gasteiger partial charge in [0.25, 0.3) is 5.91 Å². The van der Waals surface area contributed by atoms with Crippen molar-refractivity contribution >= 4 is 50.9 Å². The van der Waals surface area contributed by atoms with Crippen molar-refractivity contribution in [1.29, 1.82) is 0 Å². The molecule has 2 N–H and O–H groups in total. The zero-order valence-corrected chi connectivity index (χ0v) is 19.9. The van der Waals surface area contributed by atoms with Crippen molar-refractivity contribution < 1.29 is 18.7 Å². The highest BCUT2D eigenvalue weighted by Crippen LogP contribution is 2.29. The summed E-state index contributed by atoms with van der Waals surface area (Å²) in [7, 11) is 1.57. The van der Waals surface area contributed by atoms with Gasteiger partial charge in [-0.1, -0.05) is 28.9 Å². The van der Waals surface area contributed by atoms with Crippen molar-refractivity contribution in [3.05, 3.63) is 82.6 Å². The summed E-state index contributed by atoms with van der Waals surface area (Å²) >= 11 is 4.56. The number of benzene rings is 3. The van der Waals surface area contributed by atoms with Gasteiger partial charge >= 0.3 is 0 Å². The Labute approximate surface area is 198 Å². The van der Waals surface area contributed by atoms with Crippen LogP contribution < -0.4 is 15.4 Å². The first kappa shape index (κ1) is 23.8. The molecule has 0 saturated carbocycles. The fraction of sp³-hybridized carbons (Fsp3) is 0.167. The van der Waals surface area contributed by atoms with Crippen molar-refractivity contribution in [2.75, 3.05) is 17.7 Å². The maximum absolute atomic E-state index is 14.1. The predicted octanol–water partition coefficient (Wildman–Crippen LogP) is 6.36. The number of thioether (sulfide) groups is 1. The molecule has 0 saturated heterocycles. The van der Waals surface area contributed by atoms with Crippen molar-refractivity contribution in [3.8, 4) is 5.75 Å². The Kier molecular flexibility index (Phi) is 8.30. The molecule has 0 heterocycles. The van der Waals surface area contributed by atoms with Crippen LogP contribution in [0.3, 0.4) is 0 Å². The highest BCUT2D eigenvalue weighted by molar-refractivity contribution is 9.10. The van der Waals surface area contributed by atoms with Gasteiger partial charge in [-0.2, -0.15) is 0 Å². The van der Waals surface area contributed by atoms with Crippen molar-refractivity contribution in [3.63, 3.8) is 0 Å². The van der Waals surface area contributed by atoms with E-state index in [0.717, 1.165) is 4.90 Å². The number of carbonyl (C=O) groups is 2. The SMILES string of the molecule is CCC(Sc1cccc(NC(=O)c2ccc(OC)cc2)c1)C(=O)Nc1ccc(Br)cc1F. The maximum atomic E-state index is 14.1. The lowest BCUT2D eigenvalue weighted by atomic mass is 10.2. The van der Waals surface area contributed by atoms with E-state index in [9.17, 15) is 14.0 Å². The lowest BCUT2D eigenvalue weighted by Crippen LogP contribution is -2.25. The standard InChI is InChI=1S/C24H22BrFN2O3S/c1-3-22(24(30)28-21-12-9-16(25)13-20(21)26)32-19-6-4-5-17(14-19)27-23(29)15-7-10-18(31-2)11-8-15/h4-14,22H,3H2,1-2H3,(H,27,29)(H,28,30). The molecule has 8 heteroatoms. The third-order valence-corrected chi connectivity index (χ3v) is 6.43. The third kappa shape index (κ3) is 6.34. The molecule has 2 amide bonds. The Hall–Kier alpha value is -2.84. The van der Waals surface area contributed by atoms with Gasteiger partial charge in [-0.3, -0.25) is 9.59 Å². The van der Waals surface area contributed by atoms with Crippen molar-refractivity contribution in [1.82, 2.24) is 0 Å². The quantitative estimate of drug-likeness (QED) is 0.342. The van der Waals surface area contributed by atoms with Crippen molar-refractivity contribution in [2.45, 2.75) is 23.5 Å². The van der Waals surface area contributed by atoms with Gasteiger partial charge in [0, 0.05) is 20.6 Å². The molecule has 0 aliphatic heterocycles. The molecular weight excluding hydrogens is 495 g/mol. The van der Waals surface area contributed by atoms with Gasteiger partial charge in [0.2, 0.25) is 5.91 Å². The first-order chi connectivity index (χ1) is 15.4. The minimum atomic E-state index is -0.504. The average Bonchev–Trinajstić information content (AvgIpc) is 2.79. The van der Waals surface area contributed by atoms with Crippen LogP contribution in [-0.4, -0.2) is 24.2 Å². The first-order valence-corrected chi connectivity index (χ1v) is 11.5. The van der Waals surface area contributed by atoms with Gasteiger partial charge in [-0.05, 0) is 67.1 Å². The number of nitrogens with one attached hydrogen (secondary N) is 2. The lowest BCUT2D eigenvalue weighted by molar-refractivity contribution is -0.115. The Morgan fingerprint density at radius 2 is 1.81 bits per heavy atom. The number of halogens is 2. The Bertz CT molecular complexity index is 1110. The molecular formula is C24H22BrFN2O3S. The number of ether oxygens (including phenoxy) is 1. The molecule has 0 spiro atoms. The van der Waals surface area contributed by atoms with Crippen LogP contribution in [0.25, 0.3) is 0 Å². The summed E-state index contributed by atoms with van der Waals surface area (Å²) in [6, 6.07) is 18.6. The number of rotatable bonds is 8. The molecule has 0 aliphatic carbocycles. The number of carbonyl (C=O) groups excluding carboxylic acids is 2. The summed E-state index contributed by atoms with van der Waals surface area (Å²) in [6.07, 6.45) is 0.553. The van der Waals surface area contributed by atoms with Crippen LogP contribution in [-0.2, 0) is 4.79 Å². The second-order valence-electron chi connectivity index (χ2n) is 6.84. The van der Waals surface area contributed by atoms with E-state index in [1.54, 1.807) is 43.5 Å². The zero-order chi connectivity index (χ0) is 23.1. The Balaban J connectivity index is 1.66. The number of methoxy groups -OCH3 is 1.